The Morgan fingerprint density at radius 2 is 0.571 bits per heavy atom. The molecule has 0 rings (SSSR count). The molecule has 0 aliphatic rings. The zero-order valence-corrected chi connectivity index (χ0v) is 13.7. The van der Waals surface area contributed by atoms with Crippen molar-refractivity contribution in [3.63, 3.8) is 0 Å². The standard InChI is InChI=1S/2Na.3HO3P/c;;3*1-4(2)3/h;;3*(H,1,2,3)/q2*+1;;;/p+1. The third kappa shape index (κ3) is 565. The smallest absolute Gasteiger partial charge is 0.598 e. The summed E-state index contributed by atoms with van der Waals surface area (Å²) >= 11 is 0. The predicted octanol–water partition coefficient (Wildman–Crippen LogP) is -10.4. The summed E-state index contributed by atoms with van der Waals surface area (Å²) in [4.78, 5) is 50.9. The van der Waals surface area contributed by atoms with Gasteiger partial charge in [-0.3, -0.25) is 0 Å². The number of hydrogen-bond acceptors (Lipinski definition) is 9. The quantitative estimate of drug-likeness (QED) is 0.307. The molecule has 0 aliphatic heterocycles. The molecule has 0 saturated carbocycles. The fourth-order valence-electron chi connectivity index (χ4n) is 0. The molecule has 0 unspecified atom stereocenters. The van der Waals surface area contributed by atoms with E-state index in [2.05, 4.69) is 0 Å². The molecule has 0 radical (unpaired) electrons. The Bertz CT molecular complexity index is 129. The molecule has 0 saturated heterocycles. The third-order valence-corrected chi connectivity index (χ3v) is 0. The van der Waals surface area contributed by atoms with Gasteiger partial charge in [-0.2, -0.15) is 0 Å². The average molecular weight is 287 g/mol. The monoisotopic (exact) mass is 287 g/mol. The molecule has 0 aromatic carbocycles. The topological polar surface area (TPSA) is 190 Å². The van der Waals surface area contributed by atoms with Gasteiger partial charge in [-0.05, 0) is 0 Å². The molecule has 72 valence electrons. The summed E-state index contributed by atoms with van der Waals surface area (Å²) in [6, 6.07) is 0. The minimum Gasteiger partial charge on any atom is -0.598 e. The van der Waals surface area contributed by atoms with E-state index in [0.29, 0.717) is 0 Å². The fraction of sp³-hybridized carbons (Fsp3) is 0. The van der Waals surface area contributed by atoms with Gasteiger partial charge in [-0.1, -0.05) is 13.7 Å². The summed E-state index contributed by atoms with van der Waals surface area (Å²) in [6.07, 6.45) is 0. The van der Waals surface area contributed by atoms with Crippen molar-refractivity contribution in [2.45, 2.75) is 0 Å². The second-order valence-electron chi connectivity index (χ2n) is 0.671. The Morgan fingerprint density at radius 1 is 0.571 bits per heavy atom. The van der Waals surface area contributed by atoms with Crippen LogP contribution in [0.3, 0.4) is 0 Å². The summed E-state index contributed by atoms with van der Waals surface area (Å²) < 4.78 is 25.4. The Kier molecular flexibility index (Phi) is 51.8. The second kappa shape index (κ2) is 24.3. The zero-order valence-electron chi connectivity index (χ0n) is 11.0. The van der Waals surface area contributed by atoms with Crippen molar-refractivity contribution < 1.29 is 108 Å². The molecule has 9 nitrogen and oxygen atoms in total. The van der Waals surface area contributed by atoms with E-state index in [0.717, 1.165) is 0 Å². The summed E-state index contributed by atoms with van der Waals surface area (Å²) in [5.41, 5.74) is 0. The molecule has 0 amide bonds. The average Bonchev–Trinajstić information content (AvgIpc) is 1.54. The molecular formula is H4Na2O9P3+3. The first-order valence-electron chi connectivity index (χ1n) is 1.64. The maximum atomic E-state index is 8.48. The van der Waals surface area contributed by atoms with Gasteiger partial charge in [-0.15, -0.1) is 0 Å². The van der Waals surface area contributed by atoms with Crippen LogP contribution in [0.2, 0.25) is 0 Å². The number of rotatable bonds is 0. The van der Waals surface area contributed by atoms with Crippen molar-refractivity contribution in [1.82, 2.24) is 0 Å². The van der Waals surface area contributed by atoms with Crippen LogP contribution < -0.4 is 88.5 Å². The second-order valence-corrected chi connectivity index (χ2v) is 2.01. The van der Waals surface area contributed by atoms with Crippen molar-refractivity contribution in [3.8, 4) is 0 Å². The van der Waals surface area contributed by atoms with Crippen LogP contribution in [0.1, 0.15) is 5.71 Å². The van der Waals surface area contributed by atoms with Gasteiger partial charge in [-0.25, -0.2) is 0 Å². The molecule has 0 atom stereocenters. The van der Waals surface area contributed by atoms with E-state index >= 15 is 0 Å². The van der Waals surface area contributed by atoms with Crippen molar-refractivity contribution in [3.05, 3.63) is 0 Å². The summed E-state index contributed by atoms with van der Waals surface area (Å²) in [6.45, 7) is 0. The van der Waals surface area contributed by atoms with Crippen LogP contribution >= 0.6 is 24.8 Å². The SMILES string of the molecule is O=[P+]([O-])[O-].O=[P+]([O-])[O-].O=[P+]([O-])[O-].[H+].[H+].[H+].[H+].[Na+].[Na+]. The van der Waals surface area contributed by atoms with Crippen molar-refractivity contribution in [1.29, 1.82) is 0 Å². The minimum absolute atomic E-state index is 0. The molecule has 0 fully saturated rings. The maximum Gasteiger partial charge on any atom is 1.00 e. The van der Waals surface area contributed by atoms with Gasteiger partial charge in [0, 0.05) is 0 Å². The molecule has 0 heterocycles. The Morgan fingerprint density at radius 3 is 0.571 bits per heavy atom. The van der Waals surface area contributed by atoms with E-state index in [1.807, 2.05) is 0 Å². The van der Waals surface area contributed by atoms with Crippen LogP contribution in [-0.4, -0.2) is 0 Å². The van der Waals surface area contributed by atoms with Crippen LogP contribution in [0.4, 0.5) is 0 Å². The fourth-order valence-corrected chi connectivity index (χ4v) is 0. The van der Waals surface area contributed by atoms with E-state index in [4.69, 9.17) is 43.1 Å². The Hall–Kier alpha value is 2.06. The van der Waals surface area contributed by atoms with Gasteiger partial charge in [0.25, 0.3) is 24.8 Å². The van der Waals surface area contributed by atoms with E-state index in [1.54, 1.807) is 0 Å². The van der Waals surface area contributed by atoms with E-state index < -0.39 is 24.8 Å². The molecule has 0 spiro atoms. The van der Waals surface area contributed by atoms with E-state index in [-0.39, 0.29) is 64.8 Å². The van der Waals surface area contributed by atoms with Crippen LogP contribution in [0, 0.1) is 0 Å². The van der Waals surface area contributed by atoms with Crippen LogP contribution in [0.5, 0.6) is 0 Å². The van der Waals surface area contributed by atoms with Gasteiger partial charge in [0.1, 0.15) is 0 Å². The first-order valence-corrected chi connectivity index (χ1v) is 4.93. The summed E-state index contributed by atoms with van der Waals surface area (Å²) in [7, 11) is -10.1. The Labute approximate surface area is 132 Å². The van der Waals surface area contributed by atoms with Crippen molar-refractivity contribution in [2.24, 2.45) is 0 Å². The Balaban J connectivity index is -0.00000000827. The molecule has 14 heteroatoms. The maximum absolute atomic E-state index is 8.48. The predicted molar refractivity (Wildman–Crippen MR) is 27.3 cm³/mol. The van der Waals surface area contributed by atoms with Crippen molar-refractivity contribution >= 4 is 24.8 Å². The minimum atomic E-state index is -3.37. The van der Waals surface area contributed by atoms with Crippen LogP contribution in [-0.2, 0) is 13.7 Å². The first kappa shape index (κ1) is 29.8. The molecule has 0 aliphatic carbocycles. The molecule has 0 N–H and O–H groups in total. The van der Waals surface area contributed by atoms with E-state index in [1.165, 1.54) is 0 Å². The van der Waals surface area contributed by atoms with Gasteiger partial charge in [0.2, 0.25) is 0 Å². The van der Waals surface area contributed by atoms with Crippen molar-refractivity contribution in [2.75, 3.05) is 0 Å². The first-order chi connectivity index (χ1) is 5.20. The molecule has 0 aromatic rings. The third-order valence-electron chi connectivity index (χ3n) is 0. The molecule has 14 heavy (non-hydrogen) atoms. The van der Waals surface area contributed by atoms with Crippen LogP contribution in [0.15, 0.2) is 0 Å². The molecular weight excluding hydrogens is 283 g/mol. The molecule has 0 aromatic heterocycles. The van der Waals surface area contributed by atoms with Crippen LogP contribution in [0.25, 0.3) is 0 Å². The number of hydrogen-bond donors (Lipinski definition) is 0. The van der Waals surface area contributed by atoms with Gasteiger partial charge in [0.15, 0.2) is 0 Å². The van der Waals surface area contributed by atoms with Gasteiger partial charge in [0.05, 0.1) is 0 Å². The largest absolute Gasteiger partial charge is 1.00 e. The van der Waals surface area contributed by atoms with E-state index in [9.17, 15) is 0 Å². The van der Waals surface area contributed by atoms with Gasteiger partial charge >= 0.3 is 64.8 Å². The summed E-state index contributed by atoms with van der Waals surface area (Å²) in [5.74, 6) is 0. The summed E-state index contributed by atoms with van der Waals surface area (Å²) in [5, 5.41) is 0. The van der Waals surface area contributed by atoms with Gasteiger partial charge < -0.3 is 29.4 Å². The normalized spacial score (nSPS) is 5.57. The zero-order chi connectivity index (χ0) is 10.7. The molecule has 0 bridgehead atoms.